The van der Waals surface area contributed by atoms with Crippen LogP contribution >= 0.6 is 15.9 Å². The number of aromatic nitrogens is 2. The maximum atomic E-state index is 13.6. The highest BCUT2D eigenvalue weighted by Crippen LogP contribution is 2.26. The summed E-state index contributed by atoms with van der Waals surface area (Å²) in [7, 11) is 1.60. The lowest BCUT2D eigenvalue weighted by Crippen LogP contribution is -2.38. The Bertz CT molecular complexity index is 1370. The van der Waals surface area contributed by atoms with Gasteiger partial charge < -0.3 is 9.64 Å². The van der Waals surface area contributed by atoms with Crippen molar-refractivity contribution in [1.82, 2.24) is 14.5 Å². The van der Waals surface area contributed by atoms with Crippen LogP contribution < -0.4 is 10.3 Å². The molecular formula is C27H26BrN3O3. The van der Waals surface area contributed by atoms with E-state index in [0.717, 1.165) is 10.9 Å². The quantitative estimate of drug-likeness (QED) is 0.311. The summed E-state index contributed by atoms with van der Waals surface area (Å²) in [6.45, 7) is 4.48. The van der Waals surface area contributed by atoms with E-state index in [1.165, 1.54) is 0 Å². The second-order valence-corrected chi connectivity index (χ2v) is 8.92. The SMILES string of the molecule is CCCN(C(=O)c1ccc(Br)cc1)C(C)c1nc2ccccc2c(=O)n1-c1ccc(OC)cc1. The van der Waals surface area contributed by atoms with Gasteiger partial charge in [0.15, 0.2) is 0 Å². The maximum Gasteiger partial charge on any atom is 0.266 e. The van der Waals surface area contributed by atoms with Gasteiger partial charge in [0.25, 0.3) is 11.5 Å². The molecule has 4 rings (SSSR count). The lowest BCUT2D eigenvalue weighted by atomic mass is 10.1. The summed E-state index contributed by atoms with van der Waals surface area (Å²) < 4.78 is 7.79. The summed E-state index contributed by atoms with van der Waals surface area (Å²) in [6, 6.07) is 21.4. The molecule has 0 aliphatic carbocycles. The van der Waals surface area contributed by atoms with Crippen LogP contribution in [-0.2, 0) is 0 Å². The van der Waals surface area contributed by atoms with Crippen molar-refractivity contribution >= 4 is 32.7 Å². The number of rotatable bonds is 7. The molecule has 0 N–H and O–H groups in total. The van der Waals surface area contributed by atoms with Crippen molar-refractivity contribution < 1.29 is 9.53 Å². The van der Waals surface area contributed by atoms with E-state index in [1.807, 2.05) is 68.4 Å². The van der Waals surface area contributed by atoms with Gasteiger partial charge in [0.2, 0.25) is 0 Å². The lowest BCUT2D eigenvalue weighted by Gasteiger charge is -2.30. The Labute approximate surface area is 206 Å². The molecule has 4 aromatic rings. The summed E-state index contributed by atoms with van der Waals surface area (Å²) in [5.41, 5.74) is 1.68. The molecule has 0 saturated carbocycles. The van der Waals surface area contributed by atoms with Crippen LogP contribution in [0.4, 0.5) is 0 Å². The molecule has 1 atom stereocenters. The smallest absolute Gasteiger partial charge is 0.266 e. The van der Waals surface area contributed by atoms with Crippen LogP contribution in [0.3, 0.4) is 0 Å². The number of hydrogen-bond acceptors (Lipinski definition) is 4. The lowest BCUT2D eigenvalue weighted by molar-refractivity contribution is 0.0681. The van der Waals surface area contributed by atoms with Crippen LogP contribution in [0, 0.1) is 0 Å². The van der Waals surface area contributed by atoms with Crippen molar-refractivity contribution in [2.75, 3.05) is 13.7 Å². The van der Waals surface area contributed by atoms with Crippen LogP contribution in [0.2, 0.25) is 0 Å². The Morgan fingerprint density at radius 3 is 2.38 bits per heavy atom. The van der Waals surface area contributed by atoms with Gasteiger partial charge in [-0.3, -0.25) is 14.2 Å². The van der Waals surface area contributed by atoms with Gasteiger partial charge in [-0.15, -0.1) is 0 Å². The van der Waals surface area contributed by atoms with Crippen LogP contribution in [0.15, 0.2) is 82.1 Å². The minimum atomic E-state index is -0.449. The molecule has 174 valence electrons. The van der Waals surface area contributed by atoms with Crippen molar-refractivity contribution in [3.63, 3.8) is 0 Å². The molecule has 6 nitrogen and oxygen atoms in total. The van der Waals surface area contributed by atoms with Crippen molar-refractivity contribution in [2.45, 2.75) is 26.3 Å². The first-order valence-electron chi connectivity index (χ1n) is 11.2. The van der Waals surface area contributed by atoms with Crippen LogP contribution in [0.25, 0.3) is 16.6 Å². The number of ether oxygens (including phenoxy) is 1. The maximum absolute atomic E-state index is 13.6. The van der Waals surface area contributed by atoms with Crippen molar-refractivity contribution in [3.8, 4) is 11.4 Å². The van der Waals surface area contributed by atoms with E-state index < -0.39 is 6.04 Å². The number of carbonyl (C=O) groups is 1. The average Bonchev–Trinajstić information content (AvgIpc) is 2.87. The Kier molecular flexibility index (Phi) is 7.12. The summed E-state index contributed by atoms with van der Waals surface area (Å²) >= 11 is 3.42. The Morgan fingerprint density at radius 1 is 1.06 bits per heavy atom. The molecule has 1 unspecified atom stereocenters. The molecule has 0 radical (unpaired) electrons. The summed E-state index contributed by atoms with van der Waals surface area (Å²) in [5.74, 6) is 1.09. The van der Waals surface area contributed by atoms with Gasteiger partial charge in [0.05, 0.1) is 29.7 Å². The highest BCUT2D eigenvalue weighted by Gasteiger charge is 2.27. The molecule has 0 bridgehead atoms. The molecule has 1 heterocycles. The molecule has 0 aliphatic heterocycles. The number of benzene rings is 3. The van der Waals surface area contributed by atoms with Gasteiger partial charge in [-0.2, -0.15) is 0 Å². The van der Waals surface area contributed by atoms with Gasteiger partial charge in [-0.05, 0) is 74.0 Å². The molecule has 3 aromatic carbocycles. The Balaban J connectivity index is 1.88. The molecule has 0 aliphatic rings. The third-order valence-electron chi connectivity index (χ3n) is 5.79. The summed E-state index contributed by atoms with van der Waals surface area (Å²) in [4.78, 5) is 33.8. The normalized spacial score (nSPS) is 11.9. The Morgan fingerprint density at radius 2 is 1.74 bits per heavy atom. The zero-order valence-electron chi connectivity index (χ0n) is 19.4. The molecule has 7 heteroatoms. The fraction of sp³-hybridized carbons (Fsp3) is 0.222. The first kappa shape index (κ1) is 23.7. The largest absolute Gasteiger partial charge is 0.497 e. The van der Waals surface area contributed by atoms with Crippen LogP contribution in [0.5, 0.6) is 5.75 Å². The topological polar surface area (TPSA) is 64.4 Å². The third kappa shape index (κ3) is 4.61. The first-order chi connectivity index (χ1) is 16.4. The number of amides is 1. The molecule has 0 spiro atoms. The zero-order valence-corrected chi connectivity index (χ0v) is 21.0. The predicted molar refractivity (Wildman–Crippen MR) is 138 cm³/mol. The van der Waals surface area contributed by atoms with Crippen molar-refractivity contribution in [1.29, 1.82) is 0 Å². The number of nitrogens with zero attached hydrogens (tertiary/aromatic N) is 3. The summed E-state index contributed by atoms with van der Waals surface area (Å²) in [6.07, 6.45) is 0.771. The van der Waals surface area contributed by atoms with E-state index >= 15 is 0 Å². The van der Waals surface area contributed by atoms with E-state index in [-0.39, 0.29) is 11.5 Å². The molecule has 0 fully saturated rings. The monoisotopic (exact) mass is 519 g/mol. The molecule has 1 aromatic heterocycles. The van der Waals surface area contributed by atoms with Gasteiger partial charge in [0, 0.05) is 16.6 Å². The highest BCUT2D eigenvalue weighted by atomic mass is 79.9. The number of fused-ring (bicyclic) bond motifs is 1. The summed E-state index contributed by atoms with van der Waals surface area (Å²) in [5, 5.41) is 0.524. The standard InChI is InChI=1S/C27H26BrN3O3/c1-4-17-30(26(32)19-9-11-20(28)12-10-19)18(2)25-29-24-8-6-5-7-23(24)27(33)31(25)21-13-15-22(34-3)16-14-21/h5-16,18H,4,17H2,1-3H3. The average molecular weight is 520 g/mol. The minimum absolute atomic E-state index is 0.106. The van der Waals surface area contributed by atoms with Gasteiger partial charge in [-0.1, -0.05) is 35.0 Å². The van der Waals surface area contributed by atoms with Crippen molar-refractivity contribution in [3.05, 3.63) is 99.0 Å². The second-order valence-electron chi connectivity index (χ2n) is 8.01. The van der Waals surface area contributed by atoms with Crippen LogP contribution in [-0.4, -0.2) is 34.0 Å². The van der Waals surface area contributed by atoms with Crippen LogP contribution in [0.1, 0.15) is 42.5 Å². The molecular weight excluding hydrogens is 494 g/mol. The van der Waals surface area contributed by atoms with E-state index in [4.69, 9.17) is 9.72 Å². The molecule has 34 heavy (non-hydrogen) atoms. The highest BCUT2D eigenvalue weighted by molar-refractivity contribution is 9.10. The molecule has 0 saturated heterocycles. The molecule has 1 amide bonds. The zero-order chi connectivity index (χ0) is 24.2. The van der Waals surface area contributed by atoms with Gasteiger partial charge >= 0.3 is 0 Å². The van der Waals surface area contributed by atoms with Gasteiger partial charge in [0.1, 0.15) is 11.6 Å². The van der Waals surface area contributed by atoms with E-state index in [1.54, 1.807) is 34.8 Å². The second kappa shape index (κ2) is 10.2. The minimum Gasteiger partial charge on any atom is -0.497 e. The first-order valence-corrected chi connectivity index (χ1v) is 12.0. The van der Waals surface area contributed by atoms with E-state index in [0.29, 0.717) is 40.3 Å². The van der Waals surface area contributed by atoms with E-state index in [2.05, 4.69) is 15.9 Å². The number of halogens is 1. The van der Waals surface area contributed by atoms with Gasteiger partial charge in [-0.25, -0.2) is 4.98 Å². The Hall–Kier alpha value is -3.45. The predicted octanol–water partition coefficient (Wildman–Crippen LogP) is 5.77. The number of carbonyl (C=O) groups excluding carboxylic acids is 1. The van der Waals surface area contributed by atoms with E-state index in [9.17, 15) is 9.59 Å². The number of para-hydroxylation sites is 1. The number of hydrogen-bond donors (Lipinski definition) is 0. The number of methoxy groups -OCH3 is 1. The fourth-order valence-corrected chi connectivity index (χ4v) is 4.28. The fourth-order valence-electron chi connectivity index (χ4n) is 4.02. The van der Waals surface area contributed by atoms with Crippen molar-refractivity contribution in [2.24, 2.45) is 0 Å². The third-order valence-corrected chi connectivity index (χ3v) is 6.32.